The summed E-state index contributed by atoms with van der Waals surface area (Å²) in [6, 6.07) is 7.58. The van der Waals surface area contributed by atoms with E-state index in [4.69, 9.17) is 5.11 Å². The summed E-state index contributed by atoms with van der Waals surface area (Å²) in [7, 11) is 0. The van der Waals surface area contributed by atoms with Crippen molar-refractivity contribution in [2.45, 2.75) is 23.8 Å². The van der Waals surface area contributed by atoms with E-state index in [0.29, 0.717) is 23.0 Å². The van der Waals surface area contributed by atoms with Crippen LogP contribution in [0.1, 0.15) is 23.2 Å². The van der Waals surface area contributed by atoms with Crippen molar-refractivity contribution in [3.8, 4) is 0 Å². The average molecular weight is 237 g/mol. The molecule has 0 atom stereocenters. The van der Waals surface area contributed by atoms with Gasteiger partial charge in [-0.25, -0.2) is 0 Å². The van der Waals surface area contributed by atoms with E-state index in [0.717, 1.165) is 12.8 Å². The Hall–Kier alpha value is -1.00. The summed E-state index contributed by atoms with van der Waals surface area (Å²) < 4.78 is 0. The van der Waals surface area contributed by atoms with Crippen molar-refractivity contribution in [3.05, 3.63) is 29.8 Å². The van der Waals surface area contributed by atoms with E-state index >= 15 is 0 Å². The Morgan fingerprint density at radius 2 is 2.12 bits per heavy atom. The third kappa shape index (κ3) is 2.39. The van der Waals surface area contributed by atoms with Gasteiger partial charge >= 0.3 is 0 Å². The molecule has 0 saturated heterocycles. The molecule has 1 amide bonds. The van der Waals surface area contributed by atoms with Gasteiger partial charge in [0.2, 0.25) is 0 Å². The fourth-order valence-corrected chi connectivity index (χ4v) is 2.01. The maximum atomic E-state index is 12.2. The molecular weight excluding hydrogens is 222 g/mol. The summed E-state index contributed by atoms with van der Waals surface area (Å²) in [6.45, 7) is 0.419. The first kappa shape index (κ1) is 11.5. The maximum Gasteiger partial charge on any atom is 0.255 e. The first-order valence-electron chi connectivity index (χ1n) is 5.44. The molecule has 0 unspecified atom stereocenters. The highest BCUT2D eigenvalue weighted by Gasteiger charge is 2.32. The van der Waals surface area contributed by atoms with Crippen LogP contribution in [0.4, 0.5) is 0 Å². The van der Waals surface area contributed by atoms with Crippen molar-refractivity contribution in [3.63, 3.8) is 0 Å². The summed E-state index contributed by atoms with van der Waals surface area (Å²) in [6.07, 6.45) is 2.08. The Morgan fingerprint density at radius 3 is 2.69 bits per heavy atom. The van der Waals surface area contributed by atoms with E-state index in [-0.39, 0.29) is 12.5 Å². The van der Waals surface area contributed by atoms with Gasteiger partial charge < -0.3 is 10.0 Å². The van der Waals surface area contributed by atoms with Crippen molar-refractivity contribution >= 4 is 18.5 Å². The average Bonchev–Trinajstić information content (AvgIpc) is 3.09. The van der Waals surface area contributed by atoms with E-state index in [2.05, 4.69) is 12.6 Å². The molecule has 16 heavy (non-hydrogen) atoms. The Morgan fingerprint density at radius 1 is 1.44 bits per heavy atom. The lowest BCUT2D eigenvalue weighted by atomic mass is 10.2. The van der Waals surface area contributed by atoms with E-state index < -0.39 is 0 Å². The Labute approximate surface area is 100 Å². The number of aliphatic hydroxyl groups excluding tert-OH is 1. The number of hydrogen-bond donors (Lipinski definition) is 2. The molecular formula is C12H15NO2S. The van der Waals surface area contributed by atoms with Crippen molar-refractivity contribution in [1.82, 2.24) is 4.90 Å². The number of nitrogens with zero attached hydrogens (tertiary/aromatic N) is 1. The molecule has 0 bridgehead atoms. The van der Waals surface area contributed by atoms with Gasteiger partial charge in [0.1, 0.15) is 0 Å². The van der Waals surface area contributed by atoms with Crippen LogP contribution < -0.4 is 0 Å². The highest BCUT2D eigenvalue weighted by molar-refractivity contribution is 7.80. The van der Waals surface area contributed by atoms with Crippen molar-refractivity contribution in [2.75, 3.05) is 13.2 Å². The van der Waals surface area contributed by atoms with Crippen LogP contribution >= 0.6 is 12.6 Å². The van der Waals surface area contributed by atoms with Crippen LogP contribution in [0.25, 0.3) is 0 Å². The monoisotopic (exact) mass is 237 g/mol. The molecule has 86 valence electrons. The predicted molar refractivity (Wildman–Crippen MR) is 64.8 cm³/mol. The molecule has 1 aliphatic rings. The number of thiol groups is 1. The fraction of sp³-hybridized carbons (Fsp3) is 0.417. The summed E-state index contributed by atoms with van der Waals surface area (Å²) >= 11 is 4.28. The number of benzene rings is 1. The molecule has 0 spiro atoms. The number of rotatable bonds is 4. The molecule has 0 aliphatic heterocycles. The zero-order valence-electron chi connectivity index (χ0n) is 8.97. The van der Waals surface area contributed by atoms with E-state index in [1.807, 2.05) is 12.1 Å². The van der Waals surface area contributed by atoms with E-state index in [9.17, 15) is 4.79 Å². The molecule has 0 heterocycles. The second kappa shape index (κ2) is 4.89. The van der Waals surface area contributed by atoms with Gasteiger partial charge in [-0.15, -0.1) is 12.6 Å². The number of carbonyl (C=O) groups is 1. The highest BCUT2D eigenvalue weighted by atomic mass is 32.1. The summed E-state index contributed by atoms with van der Waals surface area (Å²) in [5, 5.41) is 8.97. The van der Waals surface area contributed by atoms with Crippen molar-refractivity contribution in [2.24, 2.45) is 0 Å². The second-order valence-electron chi connectivity index (χ2n) is 3.97. The van der Waals surface area contributed by atoms with Gasteiger partial charge in [0.15, 0.2) is 0 Å². The van der Waals surface area contributed by atoms with Gasteiger partial charge in [0.05, 0.1) is 12.2 Å². The molecule has 0 radical (unpaired) electrons. The first-order valence-corrected chi connectivity index (χ1v) is 5.88. The molecule has 1 fully saturated rings. The van der Waals surface area contributed by atoms with Crippen LogP contribution in [0.3, 0.4) is 0 Å². The number of amides is 1. The number of hydrogen-bond acceptors (Lipinski definition) is 3. The van der Waals surface area contributed by atoms with Gasteiger partial charge in [-0.05, 0) is 25.0 Å². The summed E-state index contributed by atoms with van der Waals surface area (Å²) in [5.74, 6) is -0.0258. The molecule has 1 aromatic carbocycles. The van der Waals surface area contributed by atoms with Crippen LogP contribution in [0.5, 0.6) is 0 Å². The molecule has 0 aromatic heterocycles. The summed E-state index contributed by atoms with van der Waals surface area (Å²) in [4.78, 5) is 14.6. The predicted octanol–water partition coefficient (Wildman–Crippen LogP) is 1.57. The minimum absolute atomic E-state index is 0.0109. The van der Waals surface area contributed by atoms with Crippen LogP contribution in [0.2, 0.25) is 0 Å². The smallest absolute Gasteiger partial charge is 0.255 e. The maximum absolute atomic E-state index is 12.2. The fourth-order valence-electron chi connectivity index (χ4n) is 1.75. The van der Waals surface area contributed by atoms with Crippen molar-refractivity contribution < 1.29 is 9.90 Å². The van der Waals surface area contributed by atoms with Crippen LogP contribution in [-0.2, 0) is 0 Å². The Balaban J connectivity index is 2.19. The molecule has 1 N–H and O–H groups in total. The minimum Gasteiger partial charge on any atom is -0.395 e. The number of carbonyl (C=O) groups excluding carboxylic acids is 1. The quantitative estimate of drug-likeness (QED) is 0.780. The molecule has 3 nitrogen and oxygen atoms in total. The van der Waals surface area contributed by atoms with Gasteiger partial charge in [-0.2, -0.15) is 0 Å². The van der Waals surface area contributed by atoms with Gasteiger partial charge in [-0.1, -0.05) is 12.1 Å². The number of aliphatic hydroxyl groups is 1. The van der Waals surface area contributed by atoms with E-state index in [1.165, 1.54) is 0 Å². The van der Waals surface area contributed by atoms with Gasteiger partial charge in [0.25, 0.3) is 5.91 Å². The molecule has 4 heteroatoms. The lowest BCUT2D eigenvalue weighted by Crippen LogP contribution is -2.35. The lowest BCUT2D eigenvalue weighted by molar-refractivity contribution is 0.0704. The van der Waals surface area contributed by atoms with Crippen LogP contribution in [0.15, 0.2) is 29.2 Å². The standard InChI is InChI=1S/C12H15NO2S/c14-8-7-13(9-5-6-9)12(15)10-3-1-2-4-11(10)16/h1-4,9,14,16H,5-8H2. The molecule has 2 rings (SSSR count). The molecule has 1 saturated carbocycles. The Kier molecular flexibility index (Phi) is 3.51. The second-order valence-corrected chi connectivity index (χ2v) is 4.45. The zero-order valence-corrected chi connectivity index (χ0v) is 9.86. The zero-order chi connectivity index (χ0) is 11.5. The van der Waals surface area contributed by atoms with Gasteiger partial charge in [0, 0.05) is 17.5 Å². The van der Waals surface area contributed by atoms with E-state index in [1.54, 1.807) is 17.0 Å². The third-order valence-corrected chi connectivity index (χ3v) is 3.11. The summed E-state index contributed by atoms with van der Waals surface area (Å²) in [5.41, 5.74) is 0.617. The van der Waals surface area contributed by atoms with Gasteiger partial charge in [-0.3, -0.25) is 4.79 Å². The molecule has 1 aromatic rings. The van der Waals surface area contributed by atoms with Crippen LogP contribution in [0, 0.1) is 0 Å². The third-order valence-electron chi connectivity index (χ3n) is 2.72. The normalized spacial score (nSPS) is 14.9. The molecule has 1 aliphatic carbocycles. The first-order chi connectivity index (χ1) is 7.74. The SMILES string of the molecule is O=C(c1ccccc1S)N(CCO)C1CC1. The highest BCUT2D eigenvalue weighted by Crippen LogP contribution is 2.28. The largest absolute Gasteiger partial charge is 0.395 e. The minimum atomic E-state index is -0.0258. The van der Waals surface area contributed by atoms with Crippen molar-refractivity contribution in [1.29, 1.82) is 0 Å². The van der Waals surface area contributed by atoms with Crippen LogP contribution in [-0.4, -0.2) is 35.1 Å². The lowest BCUT2D eigenvalue weighted by Gasteiger charge is -2.21. The topological polar surface area (TPSA) is 40.5 Å². The Bertz CT molecular complexity index is 390.